The highest BCUT2D eigenvalue weighted by molar-refractivity contribution is 5.80. The van der Waals surface area contributed by atoms with E-state index in [1.807, 2.05) is 24.1 Å². The fourth-order valence-electron chi connectivity index (χ4n) is 3.31. The number of carbonyl (C=O) groups excluding carboxylic acids is 1. The number of rotatable bonds is 5. The van der Waals surface area contributed by atoms with Crippen molar-refractivity contribution in [2.24, 2.45) is 11.8 Å². The molecule has 1 aliphatic heterocycles. The highest BCUT2D eigenvalue weighted by Gasteiger charge is 2.33. The number of piperidine rings is 1. The molecule has 1 aliphatic carbocycles. The average molecular weight is 304 g/mol. The molecule has 2 aliphatic rings. The molecule has 3 nitrogen and oxygen atoms in total. The first-order valence-corrected chi connectivity index (χ1v) is 8.34. The number of likely N-dealkylation sites (tertiary alicyclic amines) is 1. The van der Waals surface area contributed by atoms with Crippen molar-refractivity contribution < 1.29 is 9.18 Å². The van der Waals surface area contributed by atoms with E-state index in [9.17, 15) is 9.18 Å². The van der Waals surface area contributed by atoms with Crippen LogP contribution in [0.5, 0.6) is 0 Å². The molecule has 1 amide bonds. The molecule has 1 aromatic carbocycles. The van der Waals surface area contributed by atoms with Crippen LogP contribution < -0.4 is 0 Å². The van der Waals surface area contributed by atoms with Crippen LogP contribution in [0.15, 0.2) is 24.3 Å². The number of hydrogen-bond donors (Lipinski definition) is 0. The zero-order chi connectivity index (χ0) is 15.5. The van der Waals surface area contributed by atoms with Crippen molar-refractivity contribution in [2.75, 3.05) is 26.7 Å². The van der Waals surface area contributed by atoms with Gasteiger partial charge in [-0.3, -0.25) is 9.69 Å². The number of nitrogens with zero attached hydrogens (tertiary/aromatic N) is 2. The van der Waals surface area contributed by atoms with Crippen LogP contribution in [0.25, 0.3) is 0 Å². The van der Waals surface area contributed by atoms with Gasteiger partial charge < -0.3 is 4.90 Å². The van der Waals surface area contributed by atoms with Crippen LogP contribution in [0.1, 0.15) is 31.2 Å². The molecule has 1 saturated heterocycles. The first-order valence-electron chi connectivity index (χ1n) is 8.34. The summed E-state index contributed by atoms with van der Waals surface area (Å²) in [6.07, 6.45) is 4.34. The highest BCUT2D eigenvalue weighted by atomic mass is 19.1. The quantitative estimate of drug-likeness (QED) is 0.835. The van der Waals surface area contributed by atoms with Crippen molar-refractivity contribution in [3.05, 3.63) is 35.6 Å². The Morgan fingerprint density at radius 2 is 1.91 bits per heavy atom. The molecule has 0 spiro atoms. The highest BCUT2D eigenvalue weighted by Crippen LogP contribution is 2.31. The topological polar surface area (TPSA) is 23.6 Å². The largest absolute Gasteiger partial charge is 0.345 e. The average Bonchev–Trinajstić information content (AvgIpc) is 3.35. The van der Waals surface area contributed by atoms with Crippen LogP contribution >= 0.6 is 0 Å². The second kappa shape index (κ2) is 6.78. The lowest BCUT2D eigenvalue weighted by Crippen LogP contribution is -2.39. The van der Waals surface area contributed by atoms with Gasteiger partial charge >= 0.3 is 0 Å². The summed E-state index contributed by atoms with van der Waals surface area (Å²) in [7, 11) is 1.94. The van der Waals surface area contributed by atoms with Crippen molar-refractivity contribution in [1.82, 2.24) is 9.80 Å². The Balaban J connectivity index is 1.44. The number of hydrogen-bond acceptors (Lipinski definition) is 2. The van der Waals surface area contributed by atoms with Crippen LogP contribution in [0.3, 0.4) is 0 Å². The molecule has 0 radical (unpaired) electrons. The summed E-state index contributed by atoms with van der Waals surface area (Å²) in [5, 5.41) is 0. The van der Waals surface area contributed by atoms with E-state index in [0.29, 0.717) is 24.3 Å². The molecule has 0 bridgehead atoms. The third-order valence-corrected chi connectivity index (χ3v) is 4.89. The fraction of sp³-hybridized carbons (Fsp3) is 0.611. The van der Waals surface area contributed by atoms with Crippen LogP contribution in [-0.2, 0) is 11.3 Å². The standard InChI is InChI=1S/C18H25FN2O/c1-20(18(22)15-6-7-15)12-14-8-10-21(11-9-14)13-16-4-2-3-5-17(16)19/h2-5,14-15H,6-13H2,1H3. The van der Waals surface area contributed by atoms with Crippen LogP contribution in [0.2, 0.25) is 0 Å². The summed E-state index contributed by atoms with van der Waals surface area (Å²) in [5.41, 5.74) is 0.780. The third-order valence-electron chi connectivity index (χ3n) is 4.89. The molecular weight excluding hydrogens is 279 g/mol. The first kappa shape index (κ1) is 15.5. The van der Waals surface area contributed by atoms with E-state index in [2.05, 4.69) is 4.90 Å². The zero-order valence-corrected chi connectivity index (χ0v) is 13.3. The number of halogens is 1. The lowest BCUT2D eigenvalue weighted by Gasteiger charge is -2.34. The minimum atomic E-state index is -0.112. The molecule has 120 valence electrons. The van der Waals surface area contributed by atoms with E-state index in [0.717, 1.165) is 50.9 Å². The summed E-state index contributed by atoms with van der Waals surface area (Å²) < 4.78 is 13.7. The van der Waals surface area contributed by atoms with Gasteiger partial charge in [-0.15, -0.1) is 0 Å². The Kier molecular flexibility index (Phi) is 4.77. The Labute approximate surface area is 132 Å². The molecule has 1 aromatic rings. The molecule has 1 heterocycles. The summed E-state index contributed by atoms with van der Waals surface area (Å²) in [5.74, 6) is 1.11. The summed E-state index contributed by atoms with van der Waals surface area (Å²) in [6, 6.07) is 7.02. The van der Waals surface area contributed by atoms with Crippen molar-refractivity contribution in [2.45, 2.75) is 32.2 Å². The second-order valence-electron chi connectivity index (χ2n) is 6.80. The monoisotopic (exact) mass is 304 g/mol. The van der Waals surface area contributed by atoms with Gasteiger partial charge in [-0.05, 0) is 50.8 Å². The van der Waals surface area contributed by atoms with Gasteiger partial charge in [0, 0.05) is 31.6 Å². The molecular formula is C18H25FN2O. The maximum Gasteiger partial charge on any atom is 0.225 e. The SMILES string of the molecule is CN(CC1CCN(Cc2ccccc2F)CC1)C(=O)C1CC1. The molecule has 2 fully saturated rings. The third kappa shape index (κ3) is 3.86. The van der Waals surface area contributed by atoms with Gasteiger partial charge in [0.2, 0.25) is 5.91 Å². The van der Waals surface area contributed by atoms with Crippen molar-refractivity contribution >= 4 is 5.91 Å². The predicted molar refractivity (Wildman–Crippen MR) is 84.8 cm³/mol. The van der Waals surface area contributed by atoms with Crippen LogP contribution in [-0.4, -0.2) is 42.4 Å². The van der Waals surface area contributed by atoms with Gasteiger partial charge in [-0.25, -0.2) is 4.39 Å². The summed E-state index contributed by atoms with van der Waals surface area (Å²) in [6.45, 7) is 3.55. The lowest BCUT2D eigenvalue weighted by atomic mass is 9.95. The molecule has 0 unspecified atom stereocenters. The zero-order valence-electron chi connectivity index (χ0n) is 13.3. The smallest absolute Gasteiger partial charge is 0.225 e. The van der Waals surface area contributed by atoms with Gasteiger partial charge in [-0.2, -0.15) is 0 Å². The van der Waals surface area contributed by atoms with E-state index in [1.165, 1.54) is 6.07 Å². The Morgan fingerprint density at radius 1 is 1.23 bits per heavy atom. The van der Waals surface area contributed by atoms with Gasteiger partial charge in [-0.1, -0.05) is 18.2 Å². The van der Waals surface area contributed by atoms with Crippen molar-refractivity contribution in [3.63, 3.8) is 0 Å². The fourth-order valence-corrected chi connectivity index (χ4v) is 3.31. The normalized spacial score (nSPS) is 20.1. The predicted octanol–water partition coefficient (Wildman–Crippen LogP) is 2.91. The van der Waals surface area contributed by atoms with Crippen LogP contribution in [0.4, 0.5) is 4.39 Å². The van der Waals surface area contributed by atoms with E-state index in [1.54, 1.807) is 6.07 Å². The Morgan fingerprint density at radius 3 is 2.55 bits per heavy atom. The van der Waals surface area contributed by atoms with E-state index < -0.39 is 0 Å². The van der Waals surface area contributed by atoms with Gasteiger partial charge in [0.1, 0.15) is 5.82 Å². The summed E-state index contributed by atoms with van der Waals surface area (Å²) >= 11 is 0. The van der Waals surface area contributed by atoms with Crippen molar-refractivity contribution in [3.8, 4) is 0 Å². The number of benzene rings is 1. The maximum atomic E-state index is 13.7. The molecule has 22 heavy (non-hydrogen) atoms. The lowest BCUT2D eigenvalue weighted by molar-refractivity contribution is -0.132. The molecule has 0 atom stereocenters. The number of amides is 1. The van der Waals surface area contributed by atoms with Crippen LogP contribution in [0, 0.1) is 17.7 Å². The molecule has 3 rings (SSSR count). The van der Waals surface area contributed by atoms with Gasteiger partial charge in [0.15, 0.2) is 0 Å². The molecule has 1 saturated carbocycles. The minimum absolute atomic E-state index is 0.112. The van der Waals surface area contributed by atoms with E-state index >= 15 is 0 Å². The van der Waals surface area contributed by atoms with Crippen molar-refractivity contribution in [1.29, 1.82) is 0 Å². The molecule has 0 aromatic heterocycles. The number of carbonyl (C=O) groups is 1. The summed E-state index contributed by atoms with van der Waals surface area (Å²) in [4.78, 5) is 16.2. The van der Waals surface area contributed by atoms with E-state index in [4.69, 9.17) is 0 Å². The van der Waals surface area contributed by atoms with E-state index in [-0.39, 0.29) is 5.82 Å². The minimum Gasteiger partial charge on any atom is -0.345 e. The Hall–Kier alpha value is -1.42. The Bertz CT molecular complexity index is 522. The molecule has 0 N–H and O–H groups in total. The van der Waals surface area contributed by atoms with Gasteiger partial charge in [0.25, 0.3) is 0 Å². The van der Waals surface area contributed by atoms with Gasteiger partial charge in [0.05, 0.1) is 0 Å². The second-order valence-corrected chi connectivity index (χ2v) is 6.80. The molecule has 4 heteroatoms. The first-order chi connectivity index (χ1) is 10.6. The maximum absolute atomic E-state index is 13.7.